The van der Waals surface area contributed by atoms with Crippen LogP contribution in [0.5, 0.6) is 11.5 Å². The van der Waals surface area contributed by atoms with Gasteiger partial charge in [-0.2, -0.15) is 5.10 Å². The highest BCUT2D eigenvalue weighted by molar-refractivity contribution is 7.71. The van der Waals surface area contributed by atoms with Crippen LogP contribution < -0.4 is 9.47 Å². The lowest BCUT2D eigenvalue weighted by molar-refractivity contribution is 0.0670. The second-order valence-corrected chi connectivity index (χ2v) is 7.30. The number of aliphatic hydroxyl groups is 1. The Kier molecular flexibility index (Phi) is 5.35. The summed E-state index contributed by atoms with van der Waals surface area (Å²) in [5.41, 5.74) is 2.65. The molecule has 0 saturated heterocycles. The number of benzene rings is 1. The summed E-state index contributed by atoms with van der Waals surface area (Å²) in [6.45, 7) is 1.49. The van der Waals surface area contributed by atoms with Gasteiger partial charge >= 0.3 is 0 Å². The van der Waals surface area contributed by atoms with Crippen LogP contribution in [-0.4, -0.2) is 50.1 Å². The quantitative estimate of drug-likeness (QED) is 0.644. The molecular weight excluding hydrogens is 390 g/mol. The summed E-state index contributed by atoms with van der Waals surface area (Å²) in [6.07, 6.45) is 2.77. The van der Waals surface area contributed by atoms with Crippen LogP contribution in [0.3, 0.4) is 0 Å². The van der Waals surface area contributed by atoms with Gasteiger partial charge in [0.05, 0.1) is 27.0 Å². The van der Waals surface area contributed by atoms with Crippen LogP contribution in [0.2, 0.25) is 0 Å². The molecule has 3 aromatic rings. The topological polar surface area (TPSA) is 77.6 Å². The molecule has 0 unspecified atom stereocenters. The number of nitrogens with zero attached hydrogens (tertiary/aromatic N) is 5. The predicted octanol–water partition coefficient (Wildman–Crippen LogP) is 2.54. The molecule has 9 heteroatoms. The van der Waals surface area contributed by atoms with Crippen LogP contribution in [0, 0.1) is 4.77 Å². The van der Waals surface area contributed by atoms with Crippen molar-refractivity contribution in [2.75, 3.05) is 20.8 Å². The van der Waals surface area contributed by atoms with Crippen LogP contribution in [0.25, 0.3) is 11.4 Å². The molecule has 0 amide bonds. The van der Waals surface area contributed by atoms with Crippen LogP contribution in [0.1, 0.15) is 17.2 Å². The SMILES string of the molecule is COc1ccc(OC)c2c1CN(Cn1nc(-c3ccncc3)n(C)c1=S)C[C@H]2O. The minimum Gasteiger partial charge on any atom is -0.496 e. The Balaban J connectivity index is 1.65. The normalized spacial score (nSPS) is 16.5. The van der Waals surface area contributed by atoms with E-state index in [-0.39, 0.29) is 0 Å². The van der Waals surface area contributed by atoms with E-state index in [9.17, 15) is 5.11 Å². The van der Waals surface area contributed by atoms with Crippen molar-refractivity contribution < 1.29 is 14.6 Å². The molecule has 8 nitrogen and oxygen atoms in total. The summed E-state index contributed by atoms with van der Waals surface area (Å²) in [6, 6.07) is 7.49. The molecule has 2 aromatic heterocycles. The molecule has 1 aliphatic heterocycles. The summed E-state index contributed by atoms with van der Waals surface area (Å²) in [5, 5.41) is 15.5. The van der Waals surface area contributed by atoms with E-state index < -0.39 is 6.10 Å². The smallest absolute Gasteiger partial charge is 0.199 e. The van der Waals surface area contributed by atoms with Crippen molar-refractivity contribution in [2.45, 2.75) is 19.3 Å². The lowest BCUT2D eigenvalue weighted by Gasteiger charge is -2.33. The molecular formula is C20H23N5O3S. The maximum absolute atomic E-state index is 10.8. The number of hydrogen-bond donors (Lipinski definition) is 1. The Hall–Kier alpha value is -2.75. The Morgan fingerprint density at radius 3 is 2.52 bits per heavy atom. The molecule has 4 rings (SSSR count). The highest BCUT2D eigenvalue weighted by Crippen LogP contribution is 2.39. The third kappa shape index (κ3) is 3.52. The zero-order valence-corrected chi connectivity index (χ0v) is 17.4. The van der Waals surface area contributed by atoms with Gasteiger partial charge in [0, 0.05) is 49.2 Å². The number of hydrogen-bond acceptors (Lipinski definition) is 7. The monoisotopic (exact) mass is 413 g/mol. The van der Waals surface area contributed by atoms with E-state index in [1.54, 1.807) is 31.3 Å². The van der Waals surface area contributed by atoms with Crippen LogP contribution in [0.15, 0.2) is 36.7 Å². The molecule has 152 valence electrons. The summed E-state index contributed by atoms with van der Waals surface area (Å²) >= 11 is 5.59. The van der Waals surface area contributed by atoms with Gasteiger partial charge in [-0.1, -0.05) is 0 Å². The first-order chi connectivity index (χ1) is 14.0. The molecule has 1 aliphatic rings. The second kappa shape index (κ2) is 7.94. The number of ether oxygens (including phenoxy) is 2. The van der Waals surface area contributed by atoms with Gasteiger partial charge in [-0.15, -0.1) is 0 Å². The van der Waals surface area contributed by atoms with Crippen molar-refractivity contribution in [2.24, 2.45) is 7.05 Å². The molecule has 1 N–H and O–H groups in total. The summed E-state index contributed by atoms with van der Waals surface area (Å²) in [7, 11) is 5.13. The average molecular weight is 414 g/mol. The van der Waals surface area contributed by atoms with Crippen molar-refractivity contribution in [1.82, 2.24) is 24.2 Å². The Bertz CT molecular complexity index is 1080. The van der Waals surface area contributed by atoms with Crippen molar-refractivity contribution in [3.63, 3.8) is 0 Å². The van der Waals surface area contributed by atoms with E-state index in [0.29, 0.717) is 30.3 Å². The first-order valence-electron chi connectivity index (χ1n) is 9.22. The van der Waals surface area contributed by atoms with E-state index in [4.69, 9.17) is 26.8 Å². The van der Waals surface area contributed by atoms with Gasteiger partial charge in [0.25, 0.3) is 0 Å². The number of pyridine rings is 1. The number of rotatable bonds is 5. The Labute approximate surface area is 173 Å². The molecule has 0 saturated carbocycles. The fourth-order valence-corrected chi connectivity index (χ4v) is 3.96. The molecule has 29 heavy (non-hydrogen) atoms. The minimum absolute atomic E-state index is 0.444. The molecule has 0 spiro atoms. The highest BCUT2D eigenvalue weighted by Gasteiger charge is 2.30. The summed E-state index contributed by atoms with van der Waals surface area (Å²) in [5.74, 6) is 2.17. The molecule has 1 atom stereocenters. The van der Waals surface area contributed by atoms with Crippen molar-refractivity contribution in [3.8, 4) is 22.9 Å². The van der Waals surface area contributed by atoms with Gasteiger partial charge in [-0.25, -0.2) is 4.68 Å². The maximum atomic E-state index is 10.8. The molecule has 0 radical (unpaired) electrons. The van der Waals surface area contributed by atoms with Crippen molar-refractivity contribution in [3.05, 3.63) is 52.6 Å². The Morgan fingerprint density at radius 2 is 1.83 bits per heavy atom. The van der Waals surface area contributed by atoms with Gasteiger partial charge in [0.1, 0.15) is 11.5 Å². The maximum Gasteiger partial charge on any atom is 0.199 e. The van der Waals surface area contributed by atoms with E-state index >= 15 is 0 Å². The lowest BCUT2D eigenvalue weighted by Crippen LogP contribution is -2.36. The van der Waals surface area contributed by atoms with Crippen molar-refractivity contribution in [1.29, 1.82) is 0 Å². The number of β-amino-alcohol motifs (C(OH)–C–C–N with tert-alkyl or cyclic N) is 1. The van der Waals surface area contributed by atoms with Crippen LogP contribution in [0.4, 0.5) is 0 Å². The minimum atomic E-state index is -0.693. The fraction of sp³-hybridized carbons (Fsp3) is 0.350. The zero-order valence-electron chi connectivity index (χ0n) is 16.6. The summed E-state index contributed by atoms with van der Waals surface area (Å²) in [4.78, 5) is 6.15. The highest BCUT2D eigenvalue weighted by atomic mass is 32.1. The second-order valence-electron chi connectivity index (χ2n) is 6.93. The Morgan fingerprint density at radius 1 is 1.14 bits per heavy atom. The fourth-order valence-electron chi connectivity index (χ4n) is 3.77. The lowest BCUT2D eigenvalue weighted by atomic mass is 9.95. The largest absolute Gasteiger partial charge is 0.496 e. The molecule has 0 bridgehead atoms. The standard InChI is InChI=1S/C20H23N5O3S/c1-23-19(13-6-8-21-9-7-13)22-25(20(23)29)12-24-10-14-16(27-2)4-5-17(28-3)18(14)15(26)11-24/h4-9,15,26H,10-12H2,1-3H3/t15-/m1/s1. The number of fused-ring (bicyclic) bond motifs is 1. The first kappa shape index (κ1) is 19.6. The number of aromatic nitrogens is 4. The van der Waals surface area contributed by atoms with Crippen LogP contribution >= 0.6 is 12.2 Å². The van der Waals surface area contributed by atoms with Gasteiger partial charge in [0.15, 0.2) is 10.6 Å². The van der Waals surface area contributed by atoms with E-state index in [2.05, 4.69) is 9.88 Å². The molecule has 3 heterocycles. The molecule has 0 fully saturated rings. The third-order valence-electron chi connectivity index (χ3n) is 5.17. The molecule has 1 aromatic carbocycles. The van der Waals surface area contributed by atoms with E-state index in [1.165, 1.54) is 0 Å². The zero-order chi connectivity index (χ0) is 20.5. The van der Waals surface area contributed by atoms with Gasteiger partial charge in [-0.05, 0) is 36.5 Å². The van der Waals surface area contributed by atoms with E-state index in [0.717, 1.165) is 28.3 Å². The summed E-state index contributed by atoms with van der Waals surface area (Å²) < 4.78 is 15.2. The number of aliphatic hydroxyl groups excluding tert-OH is 1. The first-order valence-corrected chi connectivity index (χ1v) is 9.62. The van der Waals surface area contributed by atoms with Crippen LogP contribution in [-0.2, 0) is 20.3 Å². The van der Waals surface area contributed by atoms with Gasteiger partial charge < -0.3 is 19.1 Å². The predicted molar refractivity (Wildman–Crippen MR) is 110 cm³/mol. The third-order valence-corrected chi connectivity index (χ3v) is 5.66. The van der Waals surface area contributed by atoms with Crippen molar-refractivity contribution >= 4 is 12.2 Å². The van der Waals surface area contributed by atoms with Gasteiger partial charge in [0.2, 0.25) is 0 Å². The number of methoxy groups -OCH3 is 2. The van der Waals surface area contributed by atoms with E-state index in [1.807, 2.05) is 35.9 Å². The molecule has 0 aliphatic carbocycles. The average Bonchev–Trinajstić information content (AvgIpc) is 3.02. The van der Waals surface area contributed by atoms with Gasteiger partial charge in [-0.3, -0.25) is 9.88 Å².